The Kier molecular flexibility index (Phi) is 4.39. The van der Waals surface area contributed by atoms with Crippen LogP contribution < -0.4 is 0 Å². The summed E-state index contributed by atoms with van der Waals surface area (Å²) in [5, 5.41) is 3.51. The van der Waals surface area contributed by atoms with E-state index in [4.69, 9.17) is 4.74 Å². The number of carbonyl (C=O) groups is 1. The maximum Gasteiger partial charge on any atom is 0.435 e. The molecule has 0 bridgehead atoms. The summed E-state index contributed by atoms with van der Waals surface area (Å²) in [5.74, 6) is -0.758. The summed E-state index contributed by atoms with van der Waals surface area (Å²) >= 11 is 0. The Bertz CT molecular complexity index is 690. The van der Waals surface area contributed by atoms with Gasteiger partial charge in [0.15, 0.2) is 5.69 Å². The molecule has 0 aliphatic carbocycles. The molecule has 0 aliphatic rings. The van der Waals surface area contributed by atoms with Crippen LogP contribution in [0.25, 0.3) is 5.69 Å². The zero-order valence-corrected chi connectivity index (χ0v) is 12.8. The topological polar surface area (TPSA) is 69.9 Å². The Balaban J connectivity index is 2.34. The van der Waals surface area contributed by atoms with E-state index in [1.807, 2.05) is 0 Å². The number of aromatic nitrogens is 4. The summed E-state index contributed by atoms with van der Waals surface area (Å²) in [4.78, 5) is 19.3. The summed E-state index contributed by atoms with van der Waals surface area (Å²) in [7, 11) is 0. The molecule has 0 saturated carbocycles. The van der Waals surface area contributed by atoms with Gasteiger partial charge in [-0.2, -0.15) is 18.3 Å². The van der Waals surface area contributed by atoms with Gasteiger partial charge in [-0.1, -0.05) is 0 Å². The second-order valence-electron chi connectivity index (χ2n) is 5.81. The summed E-state index contributed by atoms with van der Waals surface area (Å²) in [5.41, 5.74) is -1.92. The van der Waals surface area contributed by atoms with Crippen molar-refractivity contribution in [3.05, 3.63) is 36.2 Å². The van der Waals surface area contributed by atoms with E-state index in [2.05, 4.69) is 15.1 Å². The molecule has 0 amide bonds. The van der Waals surface area contributed by atoms with Crippen molar-refractivity contribution in [2.24, 2.45) is 0 Å². The highest BCUT2D eigenvalue weighted by molar-refractivity contribution is 5.73. The zero-order valence-electron chi connectivity index (χ0n) is 12.8. The Morgan fingerprint density at radius 3 is 2.35 bits per heavy atom. The number of rotatable bonds is 3. The van der Waals surface area contributed by atoms with E-state index in [9.17, 15) is 18.0 Å². The second kappa shape index (κ2) is 5.98. The third-order valence-corrected chi connectivity index (χ3v) is 2.62. The fourth-order valence-electron chi connectivity index (χ4n) is 1.85. The van der Waals surface area contributed by atoms with Crippen LogP contribution in [-0.4, -0.2) is 31.3 Å². The lowest BCUT2D eigenvalue weighted by molar-refractivity contribution is -0.154. The van der Waals surface area contributed by atoms with Crippen molar-refractivity contribution in [3.63, 3.8) is 0 Å². The first kappa shape index (κ1) is 16.9. The smallest absolute Gasteiger partial charge is 0.435 e. The Morgan fingerprint density at radius 2 is 1.83 bits per heavy atom. The Hall–Kier alpha value is -2.45. The van der Waals surface area contributed by atoms with Gasteiger partial charge in [-0.15, -0.1) is 0 Å². The molecule has 9 heteroatoms. The largest absolute Gasteiger partial charge is 0.460 e. The molecule has 0 spiro atoms. The van der Waals surface area contributed by atoms with Crippen LogP contribution in [-0.2, 0) is 22.1 Å². The van der Waals surface area contributed by atoms with Crippen LogP contribution in [0.2, 0.25) is 0 Å². The molecule has 2 aromatic rings. The number of hydrogen-bond acceptors (Lipinski definition) is 5. The lowest BCUT2D eigenvalue weighted by atomic mass is 10.1. The first-order chi connectivity index (χ1) is 10.6. The van der Waals surface area contributed by atoms with Crippen LogP contribution in [0.15, 0.2) is 24.9 Å². The minimum absolute atomic E-state index is 0.258. The third kappa shape index (κ3) is 4.51. The van der Waals surface area contributed by atoms with Crippen molar-refractivity contribution in [1.29, 1.82) is 0 Å². The monoisotopic (exact) mass is 328 g/mol. The fraction of sp³-hybridized carbons (Fsp3) is 0.429. The highest BCUT2D eigenvalue weighted by atomic mass is 19.4. The van der Waals surface area contributed by atoms with Crippen molar-refractivity contribution in [2.75, 3.05) is 0 Å². The fourth-order valence-corrected chi connectivity index (χ4v) is 1.85. The molecule has 0 aliphatic heterocycles. The summed E-state index contributed by atoms with van der Waals surface area (Å²) < 4.78 is 45.4. The van der Waals surface area contributed by atoms with Gasteiger partial charge in [0.05, 0.1) is 18.8 Å². The molecule has 0 atom stereocenters. The molecule has 2 rings (SSSR count). The predicted octanol–water partition coefficient (Wildman–Crippen LogP) is 2.57. The molecule has 0 saturated heterocycles. The van der Waals surface area contributed by atoms with Gasteiger partial charge in [-0.25, -0.2) is 14.6 Å². The Morgan fingerprint density at radius 1 is 1.22 bits per heavy atom. The number of hydrogen-bond donors (Lipinski definition) is 0. The predicted molar refractivity (Wildman–Crippen MR) is 73.7 cm³/mol. The van der Waals surface area contributed by atoms with Gasteiger partial charge < -0.3 is 4.74 Å². The van der Waals surface area contributed by atoms with E-state index >= 15 is 0 Å². The van der Waals surface area contributed by atoms with Gasteiger partial charge in [-0.3, -0.25) is 4.79 Å². The molecule has 0 aromatic carbocycles. The van der Waals surface area contributed by atoms with E-state index in [0.717, 1.165) is 10.9 Å². The average Bonchev–Trinajstić information content (AvgIpc) is 2.81. The minimum Gasteiger partial charge on any atom is -0.460 e. The molecule has 0 radical (unpaired) electrons. The molecule has 124 valence electrons. The van der Waals surface area contributed by atoms with Crippen LogP contribution in [0.3, 0.4) is 0 Å². The molecular formula is C14H15F3N4O2. The van der Waals surface area contributed by atoms with Crippen molar-refractivity contribution in [1.82, 2.24) is 19.7 Å². The van der Waals surface area contributed by atoms with Gasteiger partial charge in [0.1, 0.15) is 17.6 Å². The normalized spacial score (nSPS) is 12.3. The number of nitrogens with zero attached hydrogens (tertiary/aromatic N) is 4. The van der Waals surface area contributed by atoms with E-state index in [1.165, 1.54) is 18.7 Å². The number of esters is 1. The first-order valence-electron chi connectivity index (χ1n) is 6.69. The first-order valence-corrected chi connectivity index (χ1v) is 6.69. The van der Waals surface area contributed by atoms with E-state index in [-0.39, 0.29) is 11.3 Å². The number of halogens is 3. The number of carbonyl (C=O) groups excluding carboxylic acids is 1. The highest BCUT2D eigenvalue weighted by Crippen LogP contribution is 2.31. The van der Waals surface area contributed by atoms with Crippen molar-refractivity contribution in [3.8, 4) is 5.69 Å². The molecule has 0 fully saturated rings. The van der Waals surface area contributed by atoms with Crippen LogP contribution in [0, 0.1) is 0 Å². The second-order valence-corrected chi connectivity index (χ2v) is 5.81. The van der Waals surface area contributed by atoms with Gasteiger partial charge >= 0.3 is 12.1 Å². The van der Waals surface area contributed by atoms with Gasteiger partial charge in [-0.05, 0) is 20.8 Å². The van der Waals surface area contributed by atoms with E-state index in [0.29, 0.717) is 0 Å². The maximum absolute atomic E-state index is 13.1. The van der Waals surface area contributed by atoms with Gasteiger partial charge in [0, 0.05) is 11.8 Å². The van der Waals surface area contributed by atoms with Crippen LogP contribution in [0.4, 0.5) is 13.2 Å². The van der Waals surface area contributed by atoms with Crippen molar-refractivity contribution in [2.45, 2.75) is 39.0 Å². The lowest BCUT2D eigenvalue weighted by Gasteiger charge is -2.19. The molecule has 23 heavy (non-hydrogen) atoms. The van der Waals surface area contributed by atoms with Crippen LogP contribution >= 0.6 is 0 Å². The quantitative estimate of drug-likeness (QED) is 0.810. The minimum atomic E-state index is -4.68. The molecular weight excluding hydrogens is 313 g/mol. The lowest BCUT2D eigenvalue weighted by Crippen LogP contribution is -2.25. The van der Waals surface area contributed by atoms with Gasteiger partial charge in [0.2, 0.25) is 0 Å². The molecule has 6 nitrogen and oxygen atoms in total. The van der Waals surface area contributed by atoms with Crippen LogP contribution in [0.1, 0.15) is 32.0 Å². The number of ether oxygens (including phenoxy) is 1. The SMILES string of the molecule is CC(C)(C)OC(=O)Cc1cn(-c2cncnc2)nc1C(F)(F)F. The molecule has 0 N–H and O–H groups in total. The zero-order chi connectivity index (χ0) is 17.3. The standard InChI is InChI=1S/C14H15F3N4O2/c1-13(2,3)23-11(22)4-9-7-21(10-5-18-8-19-6-10)20-12(9)14(15,16)17/h5-8H,4H2,1-3H3. The summed E-state index contributed by atoms with van der Waals surface area (Å²) in [6, 6.07) is 0. The van der Waals surface area contributed by atoms with E-state index in [1.54, 1.807) is 20.8 Å². The average molecular weight is 328 g/mol. The molecule has 0 unspecified atom stereocenters. The molecule has 2 heterocycles. The summed E-state index contributed by atoms with van der Waals surface area (Å²) in [6.07, 6.45) is -0.197. The highest BCUT2D eigenvalue weighted by Gasteiger charge is 2.38. The van der Waals surface area contributed by atoms with Gasteiger partial charge in [0.25, 0.3) is 0 Å². The summed E-state index contributed by atoms with van der Waals surface area (Å²) in [6.45, 7) is 4.92. The van der Waals surface area contributed by atoms with Crippen molar-refractivity contribution < 1.29 is 22.7 Å². The molecule has 2 aromatic heterocycles. The van der Waals surface area contributed by atoms with Crippen LogP contribution in [0.5, 0.6) is 0 Å². The maximum atomic E-state index is 13.1. The number of alkyl halides is 3. The van der Waals surface area contributed by atoms with E-state index < -0.39 is 29.9 Å². The third-order valence-electron chi connectivity index (χ3n) is 2.62. The Labute approximate surface area is 130 Å². The van der Waals surface area contributed by atoms with Crippen molar-refractivity contribution >= 4 is 5.97 Å².